The zero-order chi connectivity index (χ0) is 24.3. The molecule has 5 rings (SSSR count). The van der Waals surface area contributed by atoms with E-state index in [4.69, 9.17) is 0 Å². The van der Waals surface area contributed by atoms with Crippen LogP contribution >= 0.6 is 11.8 Å². The molecule has 0 N–H and O–H groups in total. The van der Waals surface area contributed by atoms with Crippen LogP contribution in [0, 0.1) is 6.92 Å². The normalized spacial score (nSPS) is 14.5. The Morgan fingerprint density at radius 2 is 1.68 bits per heavy atom. The SMILES string of the molecule is CN1/C(=C/C=C/c2[te]c3ccccc3[n+]2C)Sc2ccccc21.Cc1ccc(S(=O)(=O)[O-])cc1. The molecule has 0 saturated heterocycles. The van der Waals surface area contributed by atoms with Crippen LogP contribution in [-0.2, 0) is 17.2 Å². The predicted molar refractivity (Wildman–Crippen MR) is 139 cm³/mol. The number of rotatable bonds is 3. The van der Waals surface area contributed by atoms with Crippen LogP contribution in [0.4, 0.5) is 5.69 Å². The van der Waals surface area contributed by atoms with E-state index in [1.54, 1.807) is 12.1 Å². The summed E-state index contributed by atoms with van der Waals surface area (Å²) in [5.41, 5.74) is 3.60. The van der Waals surface area contributed by atoms with E-state index in [2.05, 4.69) is 90.3 Å². The summed E-state index contributed by atoms with van der Waals surface area (Å²) >= 11 is 1.58. The van der Waals surface area contributed by atoms with Gasteiger partial charge in [-0.1, -0.05) is 17.7 Å². The second-order valence-corrected chi connectivity index (χ2v) is 13.2. The van der Waals surface area contributed by atoms with Crippen molar-refractivity contribution in [2.45, 2.75) is 16.7 Å². The smallest absolute Gasteiger partial charge is 0.124 e. The van der Waals surface area contributed by atoms with Crippen LogP contribution in [0.2, 0.25) is 0 Å². The summed E-state index contributed by atoms with van der Waals surface area (Å²) in [6, 6.07) is 23.1. The summed E-state index contributed by atoms with van der Waals surface area (Å²) in [5.74, 6) is 0. The van der Waals surface area contributed by atoms with Gasteiger partial charge in [-0.3, -0.25) is 0 Å². The van der Waals surface area contributed by atoms with Crippen LogP contribution in [-0.4, -0.2) is 40.4 Å². The van der Waals surface area contributed by atoms with Gasteiger partial charge >= 0.3 is 151 Å². The minimum absolute atomic E-state index is 0.178. The fourth-order valence-electron chi connectivity index (χ4n) is 3.45. The molecule has 0 bridgehead atoms. The summed E-state index contributed by atoms with van der Waals surface area (Å²) in [5, 5.41) is 1.28. The molecule has 3 aromatic carbocycles. The molecule has 34 heavy (non-hydrogen) atoms. The quantitative estimate of drug-likeness (QED) is 0.193. The van der Waals surface area contributed by atoms with E-state index in [0.717, 1.165) is 5.56 Å². The number of allylic oxidation sites excluding steroid dienone is 2. The molecule has 0 radical (unpaired) electrons. The molecule has 0 saturated carbocycles. The second-order valence-electron chi connectivity index (χ2n) is 7.73. The largest absolute Gasteiger partial charge is 0.744 e. The van der Waals surface area contributed by atoms with Gasteiger partial charge in [0.15, 0.2) is 0 Å². The summed E-state index contributed by atoms with van der Waals surface area (Å²) in [4.78, 5) is 3.42. The molecular formula is C26H24N2O3S2Te. The van der Waals surface area contributed by atoms with Gasteiger partial charge in [0.2, 0.25) is 0 Å². The average Bonchev–Trinajstić information content (AvgIpc) is 3.31. The van der Waals surface area contributed by atoms with E-state index in [9.17, 15) is 13.0 Å². The number of nitrogens with zero attached hydrogens (tertiary/aromatic N) is 2. The first-order valence-corrected chi connectivity index (χ1v) is 15.1. The van der Waals surface area contributed by atoms with Crippen molar-refractivity contribution in [1.29, 1.82) is 0 Å². The summed E-state index contributed by atoms with van der Waals surface area (Å²) in [7, 11) is 0.0430. The first kappa shape index (κ1) is 24.8. The second kappa shape index (κ2) is 10.5. The molecule has 4 aromatic rings. The maximum absolute atomic E-state index is 10.4. The Labute approximate surface area is 214 Å². The van der Waals surface area contributed by atoms with Crippen LogP contribution < -0.4 is 9.47 Å². The van der Waals surface area contributed by atoms with Gasteiger partial charge in [0, 0.05) is 0 Å². The van der Waals surface area contributed by atoms with Crippen LogP contribution in [0.3, 0.4) is 0 Å². The van der Waals surface area contributed by atoms with E-state index in [1.807, 2.05) is 18.7 Å². The van der Waals surface area contributed by atoms with Crippen LogP contribution in [0.1, 0.15) is 9.27 Å². The van der Waals surface area contributed by atoms with Gasteiger partial charge in [0.1, 0.15) is 10.1 Å². The van der Waals surface area contributed by atoms with Crippen LogP contribution in [0.25, 0.3) is 15.0 Å². The molecule has 0 atom stereocenters. The number of thioether (sulfide) groups is 1. The van der Waals surface area contributed by atoms with E-state index in [-0.39, 0.29) is 25.3 Å². The standard InChI is InChI=1S/C19H17N2STe.C7H8O3S/c1-20-14-8-3-5-10-16(14)22-18(20)12-7-13-19-21(2)15-9-4-6-11-17(15)23-19;1-6-2-4-7(5-3-6)11(8,9)10/h3-13H,1-2H3;2-5H,1H3,(H,8,9,10)/q+1;/p-1. The maximum Gasteiger partial charge on any atom is 0.124 e. The summed E-state index contributed by atoms with van der Waals surface area (Å²) in [6.07, 6.45) is 6.71. The third-order valence-electron chi connectivity index (χ3n) is 5.33. The fourth-order valence-corrected chi connectivity index (χ4v) is 8.02. The molecule has 1 aliphatic heterocycles. The van der Waals surface area contributed by atoms with Crippen molar-refractivity contribution in [2.75, 3.05) is 11.9 Å². The molecule has 0 aliphatic carbocycles. The summed E-state index contributed by atoms with van der Waals surface area (Å²) < 4.78 is 36.5. The van der Waals surface area contributed by atoms with Crippen LogP contribution in [0.15, 0.2) is 99.8 Å². The van der Waals surface area contributed by atoms with Crippen molar-refractivity contribution < 1.29 is 17.5 Å². The van der Waals surface area contributed by atoms with Crippen molar-refractivity contribution >= 4 is 63.0 Å². The van der Waals surface area contributed by atoms with Crippen molar-refractivity contribution in [3.8, 4) is 0 Å². The van der Waals surface area contributed by atoms with Crippen molar-refractivity contribution in [3.05, 3.63) is 99.3 Å². The van der Waals surface area contributed by atoms with Gasteiger partial charge in [0.05, 0.1) is 4.90 Å². The zero-order valence-electron chi connectivity index (χ0n) is 19.0. The molecule has 0 fully saturated rings. The first-order valence-electron chi connectivity index (χ1n) is 10.5. The molecule has 1 aromatic heterocycles. The number of hydrogen-bond acceptors (Lipinski definition) is 5. The third kappa shape index (κ3) is 5.65. The Morgan fingerprint density at radius 1 is 1.00 bits per heavy atom. The van der Waals surface area contributed by atoms with Gasteiger partial charge in [-0.25, -0.2) is 8.42 Å². The van der Waals surface area contributed by atoms with E-state index >= 15 is 0 Å². The number of aryl methyl sites for hydroxylation is 2. The van der Waals surface area contributed by atoms with Crippen molar-refractivity contribution in [1.82, 2.24) is 0 Å². The van der Waals surface area contributed by atoms with Crippen LogP contribution in [0.5, 0.6) is 0 Å². The van der Waals surface area contributed by atoms with Crippen molar-refractivity contribution in [2.24, 2.45) is 7.05 Å². The number of fused-ring (bicyclic) bond motifs is 2. The molecule has 174 valence electrons. The molecule has 2 heterocycles. The molecule has 0 unspecified atom stereocenters. The Balaban J connectivity index is 0.000000210. The fraction of sp³-hybridized carbons (Fsp3) is 0.115. The summed E-state index contributed by atoms with van der Waals surface area (Å²) in [6.45, 7) is 1.82. The topological polar surface area (TPSA) is 64.3 Å². The van der Waals surface area contributed by atoms with Gasteiger partial charge < -0.3 is 4.55 Å². The van der Waals surface area contributed by atoms with E-state index in [1.165, 1.54) is 40.4 Å². The molecule has 8 heteroatoms. The van der Waals surface area contributed by atoms with Gasteiger partial charge in [-0.2, -0.15) is 0 Å². The molecule has 5 nitrogen and oxygen atoms in total. The van der Waals surface area contributed by atoms with E-state index < -0.39 is 10.1 Å². The number of aromatic nitrogens is 1. The third-order valence-corrected chi connectivity index (χ3v) is 10.7. The maximum atomic E-state index is 10.4. The number of hydrogen-bond donors (Lipinski definition) is 0. The Hall–Kier alpha value is -2.34. The molecule has 1 aliphatic rings. The number of para-hydroxylation sites is 2. The van der Waals surface area contributed by atoms with Gasteiger partial charge in [-0.15, -0.1) is 0 Å². The monoisotopic (exact) mass is 606 g/mol. The molecule has 0 spiro atoms. The van der Waals surface area contributed by atoms with E-state index in [0.29, 0.717) is 0 Å². The Morgan fingerprint density at radius 3 is 2.35 bits per heavy atom. The predicted octanol–water partition coefficient (Wildman–Crippen LogP) is 4.72. The Kier molecular flexibility index (Phi) is 7.66. The minimum Gasteiger partial charge on any atom is -0.744 e. The first-order chi connectivity index (χ1) is 16.2. The van der Waals surface area contributed by atoms with Gasteiger partial charge in [-0.05, 0) is 19.1 Å². The van der Waals surface area contributed by atoms with Gasteiger partial charge in [0.25, 0.3) is 0 Å². The molecular weight excluding hydrogens is 580 g/mol. The number of anilines is 1. The Bertz CT molecular complexity index is 1490. The van der Waals surface area contributed by atoms with Crippen molar-refractivity contribution in [3.63, 3.8) is 0 Å². The molecule has 0 amide bonds. The number of benzene rings is 3. The minimum atomic E-state index is -4.27. The zero-order valence-corrected chi connectivity index (χ0v) is 23.0. The average molecular weight is 604 g/mol.